The zero-order valence-corrected chi connectivity index (χ0v) is 20.9. The van der Waals surface area contributed by atoms with E-state index in [1.54, 1.807) is 42.9 Å². The smallest absolute Gasteiger partial charge is 0.268 e. The van der Waals surface area contributed by atoms with Gasteiger partial charge in [0, 0.05) is 35.4 Å². The first-order valence-corrected chi connectivity index (χ1v) is 13.1. The van der Waals surface area contributed by atoms with E-state index >= 15 is 0 Å². The van der Waals surface area contributed by atoms with Crippen molar-refractivity contribution in [1.82, 2.24) is 4.57 Å². The maximum absolute atomic E-state index is 12.6. The highest BCUT2D eigenvalue weighted by Crippen LogP contribution is 2.41. The van der Waals surface area contributed by atoms with Crippen molar-refractivity contribution in [2.45, 2.75) is 27.7 Å². The summed E-state index contributed by atoms with van der Waals surface area (Å²) in [6.07, 6.45) is 1.77. The van der Waals surface area contributed by atoms with Crippen molar-refractivity contribution in [3.05, 3.63) is 75.0 Å². The molecule has 4 rings (SSSR count). The lowest BCUT2D eigenvalue weighted by atomic mass is 10.0. The van der Waals surface area contributed by atoms with Crippen LogP contribution in [-0.2, 0) is 17.1 Å². The fourth-order valence-electron chi connectivity index (χ4n) is 3.97. The number of anilines is 1. The van der Waals surface area contributed by atoms with Gasteiger partial charge in [-0.25, -0.2) is 8.42 Å². The Kier molecular flexibility index (Phi) is 6.07. The van der Waals surface area contributed by atoms with Crippen LogP contribution in [0.1, 0.15) is 23.6 Å². The second-order valence-corrected chi connectivity index (χ2v) is 11.1. The van der Waals surface area contributed by atoms with Crippen LogP contribution >= 0.6 is 11.3 Å². The number of hydrogen-bond acceptors (Lipinski definition) is 5. The molecule has 0 aliphatic carbocycles. The van der Waals surface area contributed by atoms with Gasteiger partial charge in [-0.3, -0.25) is 9.52 Å². The zero-order chi connectivity index (χ0) is 23.9. The molecule has 33 heavy (non-hydrogen) atoms. The average Bonchev–Trinajstić information content (AvgIpc) is 3.24. The number of benzene rings is 2. The molecule has 2 aromatic carbocycles. The summed E-state index contributed by atoms with van der Waals surface area (Å²) in [7, 11) is -1.74. The van der Waals surface area contributed by atoms with Gasteiger partial charge in [-0.1, -0.05) is 17.7 Å². The highest BCUT2D eigenvalue weighted by atomic mass is 32.2. The predicted octanol–water partition coefficient (Wildman–Crippen LogP) is 5.75. The monoisotopic (exact) mass is 482 g/mol. The van der Waals surface area contributed by atoms with Crippen molar-refractivity contribution in [2.75, 3.05) is 10.5 Å². The molecule has 0 aliphatic rings. The van der Waals surface area contributed by atoms with E-state index < -0.39 is 10.0 Å². The molecule has 0 saturated carbocycles. The van der Waals surface area contributed by atoms with Gasteiger partial charge in [-0.05, 0) is 68.5 Å². The minimum absolute atomic E-state index is 0.0308. The van der Waals surface area contributed by atoms with Crippen LogP contribution in [0.3, 0.4) is 0 Å². The molecule has 0 spiro atoms. The van der Waals surface area contributed by atoms with E-state index in [4.69, 9.17) is 4.74 Å². The maximum atomic E-state index is 12.6. The van der Waals surface area contributed by atoms with Crippen molar-refractivity contribution < 1.29 is 13.2 Å². The van der Waals surface area contributed by atoms with E-state index in [0.29, 0.717) is 21.7 Å². The SMILES string of the molecule is CCS(=O)(=O)Nc1ccc(Oc2c(C)cc(C)cc2C)c(-c2cn(C)c(=O)c3sccc23)c1. The van der Waals surface area contributed by atoms with Gasteiger partial charge in [-0.15, -0.1) is 11.3 Å². The van der Waals surface area contributed by atoms with E-state index in [1.807, 2.05) is 32.2 Å². The minimum Gasteiger partial charge on any atom is -0.456 e. The number of aromatic nitrogens is 1. The number of ether oxygens (including phenoxy) is 1. The summed E-state index contributed by atoms with van der Waals surface area (Å²) in [6.45, 7) is 7.64. The number of nitrogens with one attached hydrogen (secondary N) is 1. The molecular formula is C25H26N2O4S2. The van der Waals surface area contributed by atoms with Crippen LogP contribution in [0.5, 0.6) is 11.5 Å². The summed E-state index contributed by atoms with van der Waals surface area (Å²) >= 11 is 1.39. The van der Waals surface area contributed by atoms with Gasteiger partial charge in [0.2, 0.25) is 10.0 Å². The number of thiophene rings is 1. The largest absolute Gasteiger partial charge is 0.456 e. The van der Waals surface area contributed by atoms with Gasteiger partial charge < -0.3 is 9.30 Å². The van der Waals surface area contributed by atoms with Crippen molar-refractivity contribution in [2.24, 2.45) is 7.05 Å². The Hall–Kier alpha value is -3.10. The van der Waals surface area contributed by atoms with E-state index in [-0.39, 0.29) is 11.3 Å². The normalized spacial score (nSPS) is 11.7. The molecule has 8 heteroatoms. The van der Waals surface area contributed by atoms with Crippen molar-refractivity contribution in [1.29, 1.82) is 0 Å². The van der Waals surface area contributed by atoms with Crippen LogP contribution in [0.2, 0.25) is 0 Å². The number of aryl methyl sites for hydroxylation is 4. The van der Waals surface area contributed by atoms with Crippen molar-refractivity contribution in [3.8, 4) is 22.6 Å². The van der Waals surface area contributed by atoms with Gasteiger partial charge in [0.15, 0.2) is 0 Å². The molecule has 4 aromatic rings. The van der Waals surface area contributed by atoms with E-state index in [2.05, 4.69) is 16.9 Å². The molecule has 0 atom stereocenters. The van der Waals surface area contributed by atoms with Gasteiger partial charge in [0.05, 0.1) is 5.75 Å². The highest BCUT2D eigenvalue weighted by Gasteiger charge is 2.18. The summed E-state index contributed by atoms with van der Waals surface area (Å²) in [5, 5.41) is 2.69. The van der Waals surface area contributed by atoms with Crippen molar-refractivity contribution >= 4 is 37.1 Å². The molecule has 0 amide bonds. The molecular weight excluding hydrogens is 456 g/mol. The Morgan fingerprint density at radius 3 is 2.39 bits per heavy atom. The molecule has 0 bridgehead atoms. The number of hydrogen-bond donors (Lipinski definition) is 1. The number of nitrogens with zero attached hydrogens (tertiary/aromatic N) is 1. The van der Waals surface area contributed by atoms with E-state index in [1.165, 1.54) is 11.3 Å². The molecule has 0 fully saturated rings. The molecule has 0 saturated heterocycles. The van der Waals surface area contributed by atoms with Crippen LogP contribution in [0.4, 0.5) is 5.69 Å². The van der Waals surface area contributed by atoms with Crippen LogP contribution in [0, 0.1) is 20.8 Å². The summed E-state index contributed by atoms with van der Waals surface area (Å²) < 4.78 is 35.6. The van der Waals surface area contributed by atoms with Gasteiger partial charge in [0.25, 0.3) is 5.56 Å². The van der Waals surface area contributed by atoms with Crippen LogP contribution in [0.25, 0.3) is 21.2 Å². The lowest BCUT2D eigenvalue weighted by Crippen LogP contribution is -2.16. The molecule has 2 aromatic heterocycles. The van der Waals surface area contributed by atoms with E-state index in [0.717, 1.165) is 33.4 Å². The third-order valence-electron chi connectivity index (χ3n) is 5.53. The Morgan fingerprint density at radius 2 is 1.73 bits per heavy atom. The average molecular weight is 483 g/mol. The van der Waals surface area contributed by atoms with Crippen LogP contribution in [-0.4, -0.2) is 18.7 Å². The molecule has 0 unspecified atom stereocenters. The summed E-state index contributed by atoms with van der Waals surface area (Å²) in [5.41, 5.74) is 5.03. The number of pyridine rings is 1. The van der Waals surface area contributed by atoms with Gasteiger partial charge in [-0.2, -0.15) is 0 Å². The standard InChI is InChI=1S/C25H26N2O4S2/c1-6-33(29,30)26-18-7-8-22(31-23-16(3)11-15(2)12-17(23)4)20(13-18)21-14-27(5)25(28)24-19(21)9-10-32-24/h7-14,26H,6H2,1-5H3. The lowest BCUT2D eigenvalue weighted by molar-refractivity contribution is 0.477. The lowest BCUT2D eigenvalue weighted by Gasteiger charge is -2.18. The van der Waals surface area contributed by atoms with Crippen molar-refractivity contribution in [3.63, 3.8) is 0 Å². The molecule has 1 N–H and O–H groups in total. The third kappa shape index (κ3) is 4.54. The predicted molar refractivity (Wildman–Crippen MR) is 136 cm³/mol. The summed E-state index contributed by atoms with van der Waals surface area (Å²) in [6, 6.07) is 11.3. The number of rotatable bonds is 6. The number of sulfonamides is 1. The zero-order valence-electron chi connectivity index (χ0n) is 19.2. The first-order chi connectivity index (χ1) is 15.6. The molecule has 0 radical (unpaired) electrons. The Labute approximate surface area is 197 Å². The fourth-order valence-corrected chi connectivity index (χ4v) is 5.49. The van der Waals surface area contributed by atoms with E-state index in [9.17, 15) is 13.2 Å². The van der Waals surface area contributed by atoms with Gasteiger partial charge in [0.1, 0.15) is 16.2 Å². The topological polar surface area (TPSA) is 77.4 Å². The number of fused-ring (bicyclic) bond motifs is 1. The summed E-state index contributed by atoms with van der Waals surface area (Å²) in [5.74, 6) is 1.31. The Morgan fingerprint density at radius 1 is 1.03 bits per heavy atom. The first kappa shape index (κ1) is 23.1. The Balaban J connectivity index is 1.95. The van der Waals surface area contributed by atoms with Crippen LogP contribution < -0.4 is 15.0 Å². The minimum atomic E-state index is -3.45. The first-order valence-electron chi connectivity index (χ1n) is 10.6. The second kappa shape index (κ2) is 8.68. The molecule has 2 heterocycles. The molecule has 0 aliphatic heterocycles. The second-order valence-electron chi connectivity index (χ2n) is 8.17. The van der Waals surface area contributed by atoms with Crippen LogP contribution in [0.15, 0.2) is 52.8 Å². The quantitative estimate of drug-likeness (QED) is 0.380. The van der Waals surface area contributed by atoms with Gasteiger partial charge >= 0.3 is 0 Å². The molecule has 172 valence electrons. The fraction of sp³-hybridized carbons (Fsp3) is 0.240. The third-order valence-corrected chi connectivity index (χ3v) is 7.74. The molecule has 6 nitrogen and oxygen atoms in total. The Bertz CT molecular complexity index is 1510. The highest BCUT2D eigenvalue weighted by molar-refractivity contribution is 7.92. The maximum Gasteiger partial charge on any atom is 0.268 e. The summed E-state index contributed by atoms with van der Waals surface area (Å²) in [4.78, 5) is 12.6.